The van der Waals surface area contributed by atoms with Crippen LogP contribution < -0.4 is 5.32 Å². The Morgan fingerprint density at radius 3 is 2.75 bits per heavy atom. The van der Waals surface area contributed by atoms with Crippen LogP contribution in [0, 0.1) is 11.2 Å². The van der Waals surface area contributed by atoms with Gasteiger partial charge in [0.1, 0.15) is 5.82 Å². The molecular weight excluding hydrogens is 281 g/mol. The highest BCUT2D eigenvalue weighted by molar-refractivity contribution is 7.20. The summed E-state index contributed by atoms with van der Waals surface area (Å²) in [7, 11) is 0. The van der Waals surface area contributed by atoms with Gasteiger partial charge in [0.2, 0.25) is 0 Å². The number of carboxylic acid groups (broad SMARTS) is 1. The Morgan fingerprint density at radius 2 is 2.15 bits per heavy atom. The highest BCUT2D eigenvalue weighted by Crippen LogP contribution is 2.45. The van der Waals surface area contributed by atoms with E-state index in [0.717, 1.165) is 0 Å². The van der Waals surface area contributed by atoms with Crippen molar-refractivity contribution in [3.8, 4) is 0 Å². The lowest BCUT2D eigenvalue weighted by molar-refractivity contribution is -0.143. The minimum absolute atomic E-state index is 0.123. The number of nitrogens with one attached hydrogen (secondary N) is 1. The number of fused-ring (bicyclic) bond motifs is 1. The molecule has 1 aromatic heterocycles. The SMILES string of the molecule is O=C(NCC1(C(=O)O)CC1)c1cc2c(F)cccc2s1. The van der Waals surface area contributed by atoms with Crippen LogP contribution in [0.3, 0.4) is 0 Å². The molecule has 0 spiro atoms. The van der Waals surface area contributed by atoms with Crippen molar-refractivity contribution in [2.75, 3.05) is 6.54 Å². The number of carbonyl (C=O) groups is 2. The zero-order valence-corrected chi connectivity index (χ0v) is 11.3. The van der Waals surface area contributed by atoms with Crippen LogP contribution in [-0.4, -0.2) is 23.5 Å². The van der Waals surface area contributed by atoms with Crippen LogP contribution in [0.15, 0.2) is 24.3 Å². The van der Waals surface area contributed by atoms with Crippen LogP contribution in [-0.2, 0) is 4.79 Å². The van der Waals surface area contributed by atoms with Crippen molar-refractivity contribution in [1.29, 1.82) is 0 Å². The van der Waals surface area contributed by atoms with Crippen molar-refractivity contribution in [1.82, 2.24) is 5.32 Å². The largest absolute Gasteiger partial charge is 0.481 e. The molecular formula is C14H12FNO3S. The Bertz CT molecular complexity index is 706. The number of halogens is 1. The number of amides is 1. The molecule has 3 rings (SSSR count). The zero-order valence-electron chi connectivity index (χ0n) is 10.5. The van der Waals surface area contributed by atoms with E-state index in [1.54, 1.807) is 12.1 Å². The van der Waals surface area contributed by atoms with Crippen molar-refractivity contribution in [2.45, 2.75) is 12.8 Å². The molecule has 0 radical (unpaired) electrons. The van der Waals surface area contributed by atoms with Crippen LogP contribution in [0.4, 0.5) is 4.39 Å². The average molecular weight is 293 g/mol. The second-order valence-corrected chi connectivity index (χ2v) is 6.11. The Labute approximate surface area is 118 Å². The maximum atomic E-state index is 13.6. The smallest absolute Gasteiger partial charge is 0.311 e. The molecule has 1 fully saturated rings. The number of benzene rings is 1. The monoisotopic (exact) mass is 293 g/mol. The first kappa shape index (κ1) is 13.1. The predicted octanol–water partition coefficient (Wildman–Crippen LogP) is 2.64. The molecule has 0 unspecified atom stereocenters. The van der Waals surface area contributed by atoms with E-state index < -0.39 is 11.4 Å². The summed E-state index contributed by atoms with van der Waals surface area (Å²) in [5.41, 5.74) is -0.794. The van der Waals surface area contributed by atoms with Gasteiger partial charge >= 0.3 is 5.97 Å². The number of rotatable bonds is 4. The van der Waals surface area contributed by atoms with Crippen molar-refractivity contribution < 1.29 is 19.1 Å². The first-order valence-corrected chi connectivity index (χ1v) is 7.03. The minimum atomic E-state index is -0.875. The van der Waals surface area contributed by atoms with E-state index >= 15 is 0 Å². The van der Waals surface area contributed by atoms with Gasteiger partial charge in [-0.15, -0.1) is 11.3 Å². The Balaban J connectivity index is 1.76. The summed E-state index contributed by atoms with van der Waals surface area (Å²) >= 11 is 1.20. The third-order valence-electron chi connectivity index (χ3n) is 3.63. The van der Waals surface area contributed by atoms with Crippen molar-refractivity contribution in [3.05, 3.63) is 35.0 Å². The van der Waals surface area contributed by atoms with E-state index in [1.165, 1.54) is 23.5 Å². The van der Waals surface area contributed by atoms with E-state index in [-0.39, 0.29) is 18.3 Å². The number of carbonyl (C=O) groups excluding carboxylic acids is 1. The normalized spacial score (nSPS) is 16.1. The molecule has 0 atom stereocenters. The predicted molar refractivity (Wildman–Crippen MR) is 73.4 cm³/mol. The summed E-state index contributed by atoms with van der Waals surface area (Å²) in [4.78, 5) is 23.4. The molecule has 0 bridgehead atoms. The van der Waals surface area contributed by atoms with Gasteiger partial charge in [0.15, 0.2) is 0 Å². The van der Waals surface area contributed by atoms with Gasteiger partial charge in [-0.05, 0) is 31.0 Å². The van der Waals surface area contributed by atoms with Gasteiger partial charge in [-0.1, -0.05) is 6.07 Å². The molecule has 1 aromatic carbocycles. The number of aliphatic carboxylic acids is 1. The van der Waals surface area contributed by atoms with E-state index in [2.05, 4.69) is 5.32 Å². The number of hydrogen-bond acceptors (Lipinski definition) is 3. The molecule has 4 nitrogen and oxygen atoms in total. The van der Waals surface area contributed by atoms with Gasteiger partial charge in [0.25, 0.3) is 5.91 Å². The first-order chi connectivity index (χ1) is 9.52. The van der Waals surface area contributed by atoms with Gasteiger partial charge in [0.05, 0.1) is 10.3 Å². The summed E-state index contributed by atoms with van der Waals surface area (Å²) in [6.07, 6.45) is 1.17. The average Bonchev–Trinajstić information content (AvgIpc) is 3.08. The topological polar surface area (TPSA) is 66.4 Å². The summed E-state index contributed by atoms with van der Waals surface area (Å²) in [5.74, 6) is -1.58. The molecule has 6 heteroatoms. The molecule has 1 saturated carbocycles. The number of thiophene rings is 1. The van der Waals surface area contributed by atoms with Crippen LogP contribution in [0.2, 0.25) is 0 Å². The summed E-state index contributed by atoms with van der Waals surface area (Å²) < 4.78 is 14.3. The minimum Gasteiger partial charge on any atom is -0.481 e. The lowest BCUT2D eigenvalue weighted by Crippen LogP contribution is -2.33. The van der Waals surface area contributed by atoms with Gasteiger partial charge in [-0.3, -0.25) is 9.59 Å². The standard InChI is InChI=1S/C14H12FNO3S/c15-9-2-1-3-10-8(9)6-11(20-10)12(17)16-7-14(4-5-14)13(18)19/h1-3,6H,4-5,7H2,(H,16,17)(H,18,19). The lowest BCUT2D eigenvalue weighted by atomic mass is 10.1. The summed E-state index contributed by atoms with van der Waals surface area (Å²) in [5, 5.41) is 12.1. The second kappa shape index (κ2) is 4.56. The molecule has 1 amide bonds. The van der Waals surface area contributed by atoms with Gasteiger partial charge in [-0.25, -0.2) is 4.39 Å². The third-order valence-corrected chi connectivity index (χ3v) is 4.73. The van der Waals surface area contributed by atoms with E-state index in [0.29, 0.717) is 27.8 Å². The summed E-state index contributed by atoms with van der Waals surface area (Å²) in [6.45, 7) is 0.123. The molecule has 20 heavy (non-hydrogen) atoms. The second-order valence-electron chi connectivity index (χ2n) is 5.03. The molecule has 1 aliphatic carbocycles. The van der Waals surface area contributed by atoms with E-state index in [4.69, 9.17) is 5.11 Å². The first-order valence-electron chi connectivity index (χ1n) is 6.21. The molecule has 2 N–H and O–H groups in total. The fourth-order valence-electron chi connectivity index (χ4n) is 2.09. The Morgan fingerprint density at radius 1 is 1.40 bits per heavy atom. The van der Waals surface area contributed by atoms with Crippen LogP contribution in [0.5, 0.6) is 0 Å². The van der Waals surface area contributed by atoms with Crippen molar-refractivity contribution in [2.24, 2.45) is 5.41 Å². The molecule has 1 heterocycles. The number of hydrogen-bond donors (Lipinski definition) is 2. The van der Waals surface area contributed by atoms with Crippen LogP contribution in [0.1, 0.15) is 22.5 Å². The van der Waals surface area contributed by atoms with Crippen molar-refractivity contribution in [3.63, 3.8) is 0 Å². The molecule has 2 aromatic rings. The fourth-order valence-corrected chi connectivity index (χ4v) is 3.08. The number of carboxylic acids is 1. The molecule has 1 aliphatic rings. The van der Waals surface area contributed by atoms with Crippen LogP contribution in [0.25, 0.3) is 10.1 Å². The van der Waals surface area contributed by atoms with E-state index in [9.17, 15) is 14.0 Å². The molecule has 104 valence electrons. The maximum Gasteiger partial charge on any atom is 0.311 e. The highest BCUT2D eigenvalue weighted by Gasteiger charge is 2.50. The molecule has 0 aliphatic heterocycles. The lowest BCUT2D eigenvalue weighted by Gasteiger charge is -2.09. The summed E-state index contributed by atoms with van der Waals surface area (Å²) in [6, 6.07) is 6.20. The van der Waals surface area contributed by atoms with Gasteiger partial charge in [-0.2, -0.15) is 0 Å². The van der Waals surface area contributed by atoms with Crippen LogP contribution >= 0.6 is 11.3 Å². The quantitative estimate of drug-likeness (QED) is 0.910. The fraction of sp³-hybridized carbons (Fsp3) is 0.286. The van der Waals surface area contributed by atoms with Gasteiger partial charge < -0.3 is 10.4 Å². The maximum absolute atomic E-state index is 13.6. The third kappa shape index (κ3) is 2.16. The van der Waals surface area contributed by atoms with E-state index in [1.807, 2.05) is 0 Å². The van der Waals surface area contributed by atoms with Crippen molar-refractivity contribution >= 4 is 33.3 Å². The Hall–Kier alpha value is -1.95. The van der Waals surface area contributed by atoms with Gasteiger partial charge in [0, 0.05) is 16.6 Å². The molecule has 0 saturated heterocycles. The zero-order chi connectivity index (χ0) is 14.3. The Kier molecular flexibility index (Phi) is 2.97. The highest BCUT2D eigenvalue weighted by atomic mass is 32.1.